The molecule has 1 aromatic carbocycles. The summed E-state index contributed by atoms with van der Waals surface area (Å²) in [4.78, 5) is 16.8. The average molecular weight is 293 g/mol. The third-order valence-corrected chi connectivity index (χ3v) is 4.10. The van der Waals surface area contributed by atoms with Gasteiger partial charge in [0, 0.05) is 11.9 Å². The van der Waals surface area contributed by atoms with Crippen LogP contribution in [0.15, 0.2) is 36.5 Å². The van der Waals surface area contributed by atoms with Crippen molar-refractivity contribution in [2.75, 3.05) is 5.32 Å². The van der Waals surface area contributed by atoms with Gasteiger partial charge in [-0.3, -0.25) is 14.5 Å². The molecule has 1 aliphatic rings. The molecule has 2 aromatic heterocycles. The number of hydrogen-bond acceptors (Lipinski definition) is 4. The molecule has 0 aliphatic heterocycles. The Balaban J connectivity index is 1.62. The second kappa shape index (κ2) is 4.91. The lowest BCUT2D eigenvalue weighted by Gasteiger charge is -2.11. The number of nitrogens with zero attached hydrogens (tertiary/aromatic N) is 4. The van der Waals surface area contributed by atoms with Gasteiger partial charge < -0.3 is 0 Å². The summed E-state index contributed by atoms with van der Waals surface area (Å²) in [7, 11) is 0. The molecule has 0 spiro atoms. The zero-order valence-electron chi connectivity index (χ0n) is 12.2. The van der Waals surface area contributed by atoms with Gasteiger partial charge in [-0.05, 0) is 37.0 Å². The highest BCUT2D eigenvalue weighted by Gasteiger charge is 2.29. The van der Waals surface area contributed by atoms with Crippen molar-refractivity contribution in [1.82, 2.24) is 19.6 Å². The maximum atomic E-state index is 12.6. The smallest absolute Gasteiger partial charge is 0.256 e. The Morgan fingerprint density at radius 2 is 2.14 bits per heavy atom. The molecule has 0 saturated heterocycles. The molecule has 1 N–H and O–H groups in total. The Morgan fingerprint density at radius 3 is 3.05 bits per heavy atom. The second-order valence-electron chi connectivity index (χ2n) is 5.54. The van der Waals surface area contributed by atoms with Gasteiger partial charge in [0.05, 0.1) is 5.92 Å². The van der Waals surface area contributed by atoms with Crippen molar-refractivity contribution in [3.8, 4) is 0 Å². The van der Waals surface area contributed by atoms with E-state index in [2.05, 4.69) is 26.6 Å². The topological polar surface area (TPSA) is 72.2 Å². The highest BCUT2D eigenvalue weighted by molar-refractivity contribution is 5.95. The monoisotopic (exact) mass is 293 g/mol. The molecule has 6 heteroatoms. The summed E-state index contributed by atoms with van der Waals surface area (Å²) in [5.41, 5.74) is 3.23. The Kier molecular flexibility index (Phi) is 2.89. The normalized spacial score (nSPS) is 16.7. The fourth-order valence-electron chi connectivity index (χ4n) is 2.99. The molecule has 1 aliphatic carbocycles. The lowest BCUT2D eigenvalue weighted by molar-refractivity contribution is -0.117. The van der Waals surface area contributed by atoms with E-state index in [1.165, 1.54) is 5.56 Å². The lowest BCUT2D eigenvalue weighted by Crippen LogP contribution is -2.20. The number of aromatic nitrogens is 4. The van der Waals surface area contributed by atoms with Crippen molar-refractivity contribution in [2.24, 2.45) is 0 Å². The SMILES string of the molecule is Cc1ccn2c(NC(=O)C3CCc4ccccc43)nnc2n1. The van der Waals surface area contributed by atoms with Crippen LogP contribution in [0.5, 0.6) is 0 Å². The van der Waals surface area contributed by atoms with Crippen LogP contribution in [0, 0.1) is 6.92 Å². The van der Waals surface area contributed by atoms with Gasteiger partial charge in [-0.1, -0.05) is 24.3 Å². The summed E-state index contributed by atoms with van der Waals surface area (Å²) >= 11 is 0. The predicted molar refractivity (Wildman–Crippen MR) is 81.7 cm³/mol. The Labute approximate surface area is 127 Å². The number of carbonyl (C=O) groups excluding carboxylic acids is 1. The Bertz CT molecular complexity index is 870. The maximum absolute atomic E-state index is 12.6. The van der Waals surface area contributed by atoms with E-state index in [0.29, 0.717) is 11.7 Å². The number of fused-ring (bicyclic) bond motifs is 2. The molecule has 0 fully saturated rings. The van der Waals surface area contributed by atoms with Crippen molar-refractivity contribution in [2.45, 2.75) is 25.7 Å². The van der Waals surface area contributed by atoms with Crippen molar-refractivity contribution in [3.63, 3.8) is 0 Å². The molecule has 3 aromatic rings. The van der Waals surface area contributed by atoms with Gasteiger partial charge in [0.25, 0.3) is 5.78 Å². The van der Waals surface area contributed by atoms with E-state index in [4.69, 9.17) is 0 Å². The number of anilines is 1. The first-order valence-electron chi connectivity index (χ1n) is 7.29. The molecule has 1 unspecified atom stereocenters. The molecular weight excluding hydrogens is 278 g/mol. The summed E-state index contributed by atoms with van der Waals surface area (Å²) in [6.45, 7) is 1.89. The highest BCUT2D eigenvalue weighted by Crippen LogP contribution is 2.33. The molecule has 4 rings (SSSR count). The summed E-state index contributed by atoms with van der Waals surface area (Å²) in [6, 6.07) is 9.96. The van der Waals surface area contributed by atoms with Gasteiger partial charge in [-0.25, -0.2) is 4.98 Å². The zero-order valence-corrected chi connectivity index (χ0v) is 12.2. The largest absolute Gasteiger partial charge is 0.294 e. The number of amides is 1. The number of benzene rings is 1. The zero-order chi connectivity index (χ0) is 15.1. The predicted octanol–water partition coefficient (Wildman–Crippen LogP) is 2.10. The maximum Gasteiger partial charge on any atom is 0.256 e. The van der Waals surface area contributed by atoms with Gasteiger partial charge in [0.1, 0.15) is 0 Å². The standard InChI is InChI=1S/C16H15N5O/c1-10-8-9-21-15(17-10)19-20-16(21)18-14(22)13-7-6-11-4-2-3-5-12(11)13/h2-5,8-9,13H,6-7H2,1H3,(H,18,20,22). The molecule has 22 heavy (non-hydrogen) atoms. The van der Waals surface area contributed by atoms with E-state index in [-0.39, 0.29) is 11.8 Å². The van der Waals surface area contributed by atoms with Crippen LogP contribution in [0.1, 0.15) is 29.2 Å². The van der Waals surface area contributed by atoms with Gasteiger partial charge in [-0.2, -0.15) is 0 Å². The second-order valence-corrected chi connectivity index (χ2v) is 5.54. The number of rotatable bonds is 2. The Morgan fingerprint density at radius 1 is 1.27 bits per heavy atom. The van der Waals surface area contributed by atoms with Crippen LogP contribution < -0.4 is 5.32 Å². The van der Waals surface area contributed by atoms with E-state index in [0.717, 1.165) is 24.1 Å². The third kappa shape index (κ3) is 2.04. The van der Waals surface area contributed by atoms with E-state index in [1.54, 1.807) is 4.40 Å². The number of carbonyl (C=O) groups is 1. The highest BCUT2D eigenvalue weighted by atomic mass is 16.2. The van der Waals surface area contributed by atoms with Gasteiger partial charge in [-0.15, -0.1) is 10.2 Å². The quantitative estimate of drug-likeness (QED) is 0.785. The summed E-state index contributed by atoms with van der Waals surface area (Å²) < 4.78 is 1.69. The molecule has 0 saturated carbocycles. The summed E-state index contributed by atoms with van der Waals surface area (Å²) in [5, 5.41) is 10.9. The summed E-state index contributed by atoms with van der Waals surface area (Å²) in [6.07, 6.45) is 3.59. The molecule has 0 bridgehead atoms. The van der Waals surface area contributed by atoms with Crippen LogP contribution >= 0.6 is 0 Å². The van der Waals surface area contributed by atoms with Crippen LogP contribution in [0.3, 0.4) is 0 Å². The van der Waals surface area contributed by atoms with Crippen LogP contribution in [-0.4, -0.2) is 25.5 Å². The van der Waals surface area contributed by atoms with E-state index >= 15 is 0 Å². The average Bonchev–Trinajstić information content (AvgIpc) is 3.11. The fourth-order valence-corrected chi connectivity index (χ4v) is 2.99. The molecule has 1 atom stereocenters. The first kappa shape index (κ1) is 12.9. The van der Waals surface area contributed by atoms with Crippen LogP contribution in [-0.2, 0) is 11.2 Å². The van der Waals surface area contributed by atoms with Crippen molar-refractivity contribution >= 4 is 17.6 Å². The fraction of sp³-hybridized carbons (Fsp3) is 0.250. The molecule has 0 radical (unpaired) electrons. The number of aryl methyl sites for hydroxylation is 2. The molecular formula is C16H15N5O. The minimum Gasteiger partial charge on any atom is -0.294 e. The molecule has 1 amide bonds. The first-order valence-corrected chi connectivity index (χ1v) is 7.29. The lowest BCUT2D eigenvalue weighted by atomic mass is 10.0. The van der Waals surface area contributed by atoms with Crippen LogP contribution in [0.2, 0.25) is 0 Å². The molecule has 6 nitrogen and oxygen atoms in total. The van der Waals surface area contributed by atoms with Crippen molar-refractivity contribution in [1.29, 1.82) is 0 Å². The van der Waals surface area contributed by atoms with E-state index < -0.39 is 0 Å². The summed E-state index contributed by atoms with van der Waals surface area (Å²) in [5.74, 6) is 0.737. The van der Waals surface area contributed by atoms with E-state index in [1.807, 2.05) is 37.4 Å². The van der Waals surface area contributed by atoms with Gasteiger partial charge in [0.15, 0.2) is 0 Å². The van der Waals surface area contributed by atoms with Crippen molar-refractivity contribution in [3.05, 3.63) is 53.3 Å². The van der Waals surface area contributed by atoms with Gasteiger partial charge in [0.2, 0.25) is 11.9 Å². The minimum atomic E-state index is -0.123. The van der Waals surface area contributed by atoms with E-state index in [9.17, 15) is 4.79 Å². The first-order chi connectivity index (χ1) is 10.7. The minimum absolute atomic E-state index is 0.0418. The van der Waals surface area contributed by atoms with Crippen molar-refractivity contribution < 1.29 is 4.79 Å². The third-order valence-electron chi connectivity index (χ3n) is 4.10. The Hall–Kier alpha value is -2.76. The number of nitrogens with one attached hydrogen (secondary N) is 1. The molecule has 110 valence electrons. The van der Waals surface area contributed by atoms with Gasteiger partial charge >= 0.3 is 0 Å². The molecule has 2 heterocycles. The van der Waals surface area contributed by atoms with Crippen LogP contribution in [0.4, 0.5) is 5.95 Å². The number of hydrogen-bond donors (Lipinski definition) is 1. The van der Waals surface area contributed by atoms with Crippen LogP contribution in [0.25, 0.3) is 5.78 Å².